The highest BCUT2D eigenvalue weighted by Crippen LogP contribution is 2.12. The predicted molar refractivity (Wildman–Crippen MR) is 98.5 cm³/mol. The smallest absolute Gasteiger partial charge is 0.235 e. The standard InChI is InChI=1S/C15H21N7O3S/c1-22(26(2,24)25)11-15(23)18-9-8-17-13-5-6-14(21-20-13)19-12-4-3-7-16-10-12/h3-7,10H,8-9,11H2,1-2H3,(H,17,20)(H,18,23)(H,19,21). The van der Waals surface area contributed by atoms with Gasteiger partial charge in [-0.15, -0.1) is 10.2 Å². The number of nitrogens with one attached hydrogen (secondary N) is 3. The number of hydrogen-bond donors (Lipinski definition) is 3. The lowest BCUT2D eigenvalue weighted by Crippen LogP contribution is -2.39. The molecule has 11 heteroatoms. The fourth-order valence-corrected chi connectivity index (χ4v) is 2.20. The van der Waals surface area contributed by atoms with Gasteiger partial charge in [-0.05, 0) is 24.3 Å². The number of hydrogen-bond acceptors (Lipinski definition) is 8. The van der Waals surface area contributed by atoms with Gasteiger partial charge in [0.2, 0.25) is 15.9 Å². The summed E-state index contributed by atoms with van der Waals surface area (Å²) in [6.07, 6.45) is 4.41. The Morgan fingerprint density at radius 3 is 2.50 bits per heavy atom. The first-order valence-electron chi connectivity index (χ1n) is 7.77. The minimum absolute atomic E-state index is 0.215. The number of pyridine rings is 1. The van der Waals surface area contributed by atoms with Crippen LogP contribution in [0.1, 0.15) is 0 Å². The van der Waals surface area contributed by atoms with Gasteiger partial charge in [0, 0.05) is 26.3 Å². The third-order valence-electron chi connectivity index (χ3n) is 3.28. The molecular weight excluding hydrogens is 358 g/mol. The number of anilines is 3. The zero-order valence-electron chi connectivity index (χ0n) is 14.5. The summed E-state index contributed by atoms with van der Waals surface area (Å²) in [5.41, 5.74) is 0.810. The van der Waals surface area contributed by atoms with Crippen LogP contribution < -0.4 is 16.0 Å². The van der Waals surface area contributed by atoms with Crippen LogP contribution in [0.4, 0.5) is 17.3 Å². The Hall–Kier alpha value is -2.79. The van der Waals surface area contributed by atoms with E-state index in [1.807, 2.05) is 12.1 Å². The molecule has 0 saturated carbocycles. The topological polar surface area (TPSA) is 129 Å². The van der Waals surface area contributed by atoms with Crippen molar-refractivity contribution in [2.45, 2.75) is 0 Å². The molecule has 0 aliphatic carbocycles. The van der Waals surface area contributed by atoms with Crippen LogP contribution in [0.2, 0.25) is 0 Å². The molecule has 1 amide bonds. The Labute approximate surface area is 152 Å². The zero-order chi connectivity index (χ0) is 19.0. The molecule has 2 rings (SSSR count). The molecule has 2 heterocycles. The van der Waals surface area contributed by atoms with Crippen molar-refractivity contribution >= 4 is 33.3 Å². The van der Waals surface area contributed by atoms with Crippen LogP contribution in [0.5, 0.6) is 0 Å². The highest BCUT2D eigenvalue weighted by molar-refractivity contribution is 7.88. The van der Waals surface area contributed by atoms with E-state index in [4.69, 9.17) is 0 Å². The number of carbonyl (C=O) groups is 1. The second-order valence-corrected chi connectivity index (χ2v) is 7.56. The Morgan fingerprint density at radius 2 is 1.88 bits per heavy atom. The van der Waals surface area contributed by atoms with Gasteiger partial charge in [-0.25, -0.2) is 8.42 Å². The van der Waals surface area contributed by atoms with Crippen molar-refractivity contribution in [3.8, 4) is 0 Å². The summed E-state index contributed by atoms with van der Waals surface area (Å²) >= 11 is 0. The Kier molecular flexibility index (Phi) is 6.81. The van der Waals surface area contributed by atoms with Gasteiger partial charge in [0.1, 0.15) is 5.82 Å². The minimum Gasteiger partial charge on any atom is -0.367 e. The van der Waals surface area contributed by atoms with Crippen LogP contribution in [-0.2, 0) is 14.8 Å². The van der Waals surface area contributed by atoms with Crippen LogP contribution >= 0.6 is 0 Å². The molecule has 0 unspecified atom stereocenters. The molecule has 0 spiro atoms. The van der Waals surface area contributed by atoms with E-state index in [0.29, 0.717) is 24.7 Å². The second-order valence-electron chi connectivity index (χ2n) is 5.47. The van der Waals surface area contributed by atoms with Crippen molar-refractivity contribution in [2.75, 3.05) is 43.6 Å². The summed E-state index contributed by atoms with van der Waals surface area (Å²) in [7, 11) is -2.02. The number of carbonyl (C=O) groups excluding carboxylic acids is 1. The minimum atomic E-state index is -3.37. The van der Waals surface area contributed by atoms with E-state index in [9.17, 15) is 13.2 Å². The molecule has 3 N–H and O–H groups in total. The van der Waals surface area contributed by atoms with Crippen molar-refractivity contribution in [3.63, 3.8) is 0 Å². The summed E-state index contributed by atoms with van der Waals surface area (Å²) in [5, 5.41) is 16.8. The molecule has 0 atom stereocenters. The Morgan fingerprint density at radius 1 is 1.15 bits per heavy atom. The van der Waals surface area contributed by atoms with Crippen molar-refractivity contribution < 1.29 is 13.2 Å². The molecule has 0 fully saturated rings. The molecule has 26 heavy (non-hydrogen) atoms. The van der Waals surface area contributed by atoms with Crippen LogP contribution in [-0.4, -0.2) is 66.7 Å². The fraction of sp³-hybridized carbons (Fsp3) is 0.333. The number of nitrogens with zero attached hydrogens (tertiary/aromatic N) is 4. The molecule has 10 nitrogen and oxygen atoms in total. The number of aromatic nitrogens is 3. The molecule has 2 aromatic rings. The lowest BCUT2D eigenvalue weighted by molar-refractivity contribution is -0.121. The molecule has 0 aliphatic rings. The van der Waals surface area contributed by atoms with Gasteiger partial charge in [0.05, 0.1) is 24.7 Å². The van der Waals surface area contributed by atoms with E-state index in [2.05, 4.69) is 31.1 Å². The average molecular weight is 379 g/mol. The third kappa shape index (κ3) is 6.61. The van der Waals surface area contributed by atoms with Gasteiger partial charge in [-0.3, -0.25) is 9.78 Å². The lowest BCUT2D eigenvalue weighted by atomic mass is 10.4. The number of amides is 1. The van der Waals surface area contributed by atoms with E-state index in [1.165, 1.54) is 7.05 Å². The first kappa shape index (κ1) is 19.5. The molecule has 2 aromatic heterocycles. The molecule has 0 aromatic carbocycles. The molecular formula is C15H21N7O3S. The maximum absolute atomic E-state index is 11.6. The summed E-state index contributed by atoms with van der Waals surface area (Å²) in [6.45, 7) is 0.541. The number of sulfonamides is 1. The van der Waals surface area contributed by atoms with Gasteiger partial charge in [-0.1, -0.05) is 0 Å². The van der Waals surface area contributed by atoms with Crippen molar-refractivity contribution in [1.82, 2.24) is 24.8 Å². The van der Waals surface area contributed by atoms with E-state index in [-0.39, 0.29) is 12.5 Å². The Bertz CT molecular complexity index is 813. The normalized spacial score (nSPS) is 11.2. The van der Waals surface area contributed by atoms with Gasteiger partial charge in [-0.2, -0.15) is 4.31 Å². The van der Waals surface area contributed by atoms with Crippen LogP contribution in [0.15, 0.2) is 36.7 Å². The average Bonchev–Trinajstić information content (AvgIpc) is 2.60. The molecule has 0 radical (unpaired) electrons. The fourth-order valence-electron chi connectivity index (χ4n) is 1.85. The second kappa shape index (κ2) is 9.06. The SMILES string of the molecule is CN(CC(=O)NCCNc1ccc(Nc2cccnc2)nn1)S(C)(=O)=O. The Balaban J connectivity index is 1.70. The van der Waals surface area contributed by atoms with Gasteiger partial charge in [0.25, 0.3) is 0 Å². The van der Waals surface area contributed by atoms with Crippen molar-refractivity contribution in [2.24, 2.45) is 0 Å². The first-order chi connectivity index (χ1) is 12.3. The van der Waals surface area contributed by atoms with E-state index in [1.54, 1.807) is 24.5 Å². The number of likely N-dealkylation sites (N-methyl/N-ethyl adjacent to an activating group) is 1. The number of rotatable bonds is 9. The highest BCUT2D eigenvalue weighted by Gasteiger charge is 2.14. The van der Waals surface area contributed by atoms with E-state index in [0.717, 1.165) is 16.2 Å². The first-order valence-corrected chi connectivity index (χ1v) is 9.62. The van der Waals surface area contributed by atoms with E-state index >= 15 is 0 Å². The highest BCUT2D eigenvalue weighted by atomic mass is 32.2. The summed E-state index contributed by atoms with van der Waals surface area (Å²) < 4.78 is 23.5. The van der Waals surface area contributed by atoms with E-state index < -0.39 is 10.0 Å². The summed E-state index contributed by atoms with van der Waals surface area (Å²) in [4.78, 5) is 15.6. The maximum atomic E-state index is 11.6. The monoisotopic (exact) mass is 379 g/mol. The predicted octanol–water partition coefficient (Wildman–Crippen LogP) is 0.0347. The molecule has 140 valence electrons. The summed E-state index contributed by atoms with van der Waals surface area (Å²) in [5.74, 6) is 0.770. The largest absolute Gasteiger partial charge is 0.367 e. The quantitative estimate of drug-likeness (QED) is 0.521. The lowest BCUT2D eigenvalue weighted by Gasteiger charge is -2.13. The maximum Gasteiger partial charge on any atom is 0.235 e. The third-order valence-corrected chi connectivity index (χ3v) is 4.55. The van der Waals surface area contributed by atoms with Crippen LogP contribution in [0.3, 0.4) is 0 Å². The molecule has 0 bridgehead atoms. The van der Waals surface area contributed by atoms with Crippen molar-refractivity contribution in [3.05, 3.63) is 36.7 Å². The van der Waals surface area contributed by atoms with Crippen LogP contribution in [0, 0.1) is 0 Å². The van der Waals surface area contributed by atoms with Gasteiger partial charge >= 0.3 is 0 Å². The van der Waals surface area contributed by atoms with Gasteiger partial charge < -0.3 is 16.0 Å². The summed E-state index contributed by atoms with van der Waals surface area (Å²) in [6, 6.07) is 7.20. The van der Waals surface area contributed by atoms with Crippen LogP contribution in [0.25, 0.3) is 0 Å². The van der Waals surface area contributed by atoms with Gasteiger partial charge in [0.15, 0.2) is 5.82 Å². The van der Waals surface area contributed by atoms with Crippen molar-refractivity contribution in [1.29, 1.82) is 0 Å². The molecule has 0 aliphatic heterocycles. The molecule has 0 saturated heterocycles. The zero-order valence-corrected chi connectivity index (χ0v) is 15.3.